The van der Waals surface area contributed by atoms with E-state index in [1.165, 1.54) is 0 Å². The van der Waals surface area contributed by atoms with Crippen LogP contribution < -0.4 is 11.1 Å². The summed E-state index contributed by atoms with van der Waals surface area (Å²) in [6.45, 7) is 8.19. The molecular formula is C12H22N4O. The third kappa shape index (κ3) is 2.99. The van der Waals surface area contributed by atoms with Crippen LogP contribution in [-0.4, -0.2) is 22.1 Å². The summed E-state index contributed by atoms with van der Waals surface area (Å²) < 4.78 is 0. The van der Waals surface area contributed by atoms with Crippen molar-refractivity contribution in [3.8, 4) is 0 Å². The predicted octanol–water partition coefficient (Wildman–Crippen LogP) is 1.72. The summed E-state index contributed by atoms with van der Waals surface area (Å²) in [6, 6.07) is 0.156. The Balaban J connectivity index is 2.79. The van der Waals surface area contributed by atoms with Crippen molar-refractivity contribution in [2.24, 2.45) is 5.92 Å². The number of nitrogens with two attached hydrogens (primary N) is 1. The molecule has 1 aromatic rings. The zero-order chi connectivity index (χ0) is 13.0. The number of rotatable bonds is 5. The van der Waals surface area contributed by atoms with Crippen LogP contribution in [0.3, 0.4) is 0 Å². The lowest BCUT2D eigenvalue weighted by molar-refractivity contribution is 0.0920. The number of nitrogens with zero attached hydrogens (tertiary/aromatic N) is 1. The van der Waals surface area contributed by atoms with Crippen LogP contribution in [0.4, 0.5) is 5.69 Å². The molecule has 4 N–H and O–H groups in total. The Hall–Kier alpha value is -1.52. The Morgan fingerprint density at radius 1 is 1.47 bits per heavy atom. The van der Waals surface area contributed by atoms with Crippen molar-refractivity contribution in [3.63, 3.8) is 0 Å². The van der Waals surface area contributed by atoms with Gasteiger partial charge in [0.15, 0.2) is 5.69 Å². The molecule has 5 nitrogen and oxygen atoms in total. The van der Waals surface area contributed by atoms with Gasteiger partial charge in [-0.2, -0.15) is 5.10 Å². The van der Waals surface area contributed by atoms with E-state index in [-0.39, 0.29) is 11.9 Å². The van der Waals surface area contributed by atoms with Crippen LogP contribution in [0.2, 0.25) is 0 Å². The van der Waals surface area contributed by atoms with Crippen molar-refractivity contribution < 1.29 is 4.79 Å². The zero-order valence-corrected chi connectivity index (χ0v) is 11.0. The number of hydrogen-bond donors (Lipinski definition) is 3. The summed E-state index contributed by atoms with van der Waals surface area (Å²) in [5, 5.41) is 9.72. The van der Waals surface area contributed by atoms with E-state index in [2.05, 4.69) is 36.3 Å². The van der Waals surface area contributed by atoms with Crippen molar-refractivity contribution in [3.05, 3.63) is 11.4 Å². The fraction of sp³-hybridized carbons (Fsp3) is 0.667. The van der Waals surface area contributed by atoms with Gasteiger partial charge in [0.25, 0.3) is 5.91 Å². The van der Waals surface area contributed by atoms with Gasteiger partial charge in [-0.15, -0.1) is 0 Å². The van der Waals surface area contributed by atoms with Gasteiger partial charge in [0.05, 0.1) is 11.4 Å². The van der Waals surface area contributed by atoms with Crippen LogP contribution in [-0.2, 0) is 6.42 Å². The maximum atomic E-state index is 12.0. The average molecular weight is 238 g/mol. The summed E-state index contributed by atoms with van der Waals surface area (Å²) in [5.41, 5.74) is 7.43. The van der Waals surface area contributed by atoms with Crippen LogP contribution in [0.15, 0.2) is 0 Å². The highest BCUT2D eigenvalue weighted by atomic mass is 16.2. The highest BCUT2D eigenvalue weighted by Crippen LogP contribution is 2.15. The van der Waals surface area contributed by atoms with Crippen molar-refractivity contribution in [2.75, 3.05) is 5.73 Å². The molecule has 0 fully saturated rings. The number of anilines is 1. The molecule has 0 saturated carbocycles. The van der Waals surface area contributed by atoms with Crippen molar-refractivity contribution in [1.29, 1.82) is 0 Å². The average Bonchev–Trinajstić information content (AvgIpc) is 2.66. The second-order valence-corrected chi connectivity index (χ2v) is 4.55. The summed E-state index contributed by atoms with van der Waals surface area (Å²) >= 11 is 0. The number of carbonyl (C=O) groups is 1. The maximum Gasteiger partial charge on any atom is 0.274 e. The molecule has 0 aliphatic heterocycles. The molecule has 0 aromatic carbocycles. The number of nitrogens with one attached hydrogen (secondary N) is 2. The first-order valence-electron chi connectivity index (χ1n) is 6.14. The molecular weight excluding hydrogens is 216 g/mol. The van der Waals surface area contributed by atoms with Gasteiger partial charge in [0.1, 0.15) is 0 Å². The molecule has 1 rings (SSSR count). The topological polar surface area (TPSA) is 83.8 Å². The van der Waals surface area contributed by atoms with Crippen LogP contribution >= 0.6 is 0 Å². The van der Waals surface area contributed by atoms with Crippen molar-refractivity contribution in [2.45, 2.75) is 46.6 Å². The van der Waals surface area contributed by atoms with Gasteiger partial charge in [-0.1, -0.05) is 27.7 Å². The number of amides is 1. The molecule has 5 heteroatoms. The minimum atomic E-state index is -0.195. The monoisotopic (exact) mass is 238 g/mol. The first-order valence-corrected chi connectivity index (χ1v) is 6.14. The zero-order valence-electron chi connectivity index (χ0n) is 11.0. The Labute approximate surface area is 102 Å². The third-order valence-electron chi connectivity index (χ3n) is 3.01. The molecule has 0 bridgehead atoms. The van der Waals surface area contributed by atoms with E-state index in [4.69, 9.17) is 5.73 Å². The lowest BCUT2D eigenvalue weighted by Crippen LogP contribution is -2.38. The first kappa shape index (κ1) is 13.5. The van der Waals surface area contributed by atoms with Gasteiger partial charge in [-0.3, -0.25) is 9.89 Å². The second-order valence-electron chi connectivity index (χ2n) is 4.55. The van der Waals surface area contributed by atoms with E-state index in [0.717, 1.165) is 18.5 Å². The highest BCUT2D eigenvalue weighted by molar-refractivity contribution is 5.97. The number of aromatic amines is 1. The summed E-state index contributed by atoms with van der Waals surface area (Å²) in [5.74, 6) is 0.203. The number of H-pyrrole nitrogens is 1. The molecule has 0 aliphatic rings. The van der Waals surface area contributed by atoms with Gasteiger partial charge in [0, 0.05) is 6.04 Å². The van der Waals surface area contributed by atoms with Crippen LogP contribution in [0.25, 0.3) is 0 Å². The van der Waals surface area contributed by atoms with Crippen LogP contribution in [0.1, 0.15) is 50.3 Å². The van der Waals surface area contributed by atoms with Gasteiger partial charge < -0.3 is 11.1 Å². The molecule has 1 amide bonds. The van der Waals surface area contributed by atoms with Gasteiger partial charge >= 0.3 is 0 Å². The fourth-order valence-electron chi connectivity index (χ4n) is 1.81. The molecule has 0 spiro atoms. The van der Waals surface area contributed by atoms with Crippen LogP contribution in [0.5, 0.6) is 0 Å². The SMILES string of the molecule is CCc1[nH]nc(C(=O)NC(CC)C(C)C)c1N. The summed E-state index contributed by atoms with van der Waals surface area (Å²) in [4.78, 5) is 12.0. The lowest BCUT2D eigenvalue weighted by atomic mass is 10.0. The molecule has 1 atom stereocenters. The number of carbonyl (C=O) groups excluding carboxylic acids is 1. The van der Waals surface area contributed by atoms with Crippen molar-refractivity contribution >= 4 is 11.6 Å². The van der Waals surface area contributed by atoms with E-state index in [0.29, 0.717) is 17.3 Å². The number of nitrogen functional groups attached to an aromatic ring is 1. The number of hydrogen-bond acceptors (Lipinski definition) is 3. The van der Waals surface area contributed by atoms with E-state index >= 15 is 0 Å². The molecule has 0 radical (unpaired) electrons. The van der Waals surface area contributed by atoms with E-state index < -0.39 is 0 Å². The van der Waals surface area contributed by atoms with Gasteiger partial charge in [0.2, 0.25) is 0 Å². The van der Waals surface area contributed by atoms with Crippen LogP contribution in [0, 0.1) is 5.92 Å². The quantitative estimate of drug-likeness (QED) is 0.730. The molecule has 1 heterocycles. The first-order chi connectivity index (χ1) is 8.01. The van der Waals surface area contributed by atoms with Crippen molar-refractivity contribution in [1.82, 2.24) is 15.5 Å². The molecule has 1 aromatic heterocycles. The lowest BCUT2D eigenvalue weighted by Gasteiger charge is -2.20. The Kier molecular flexibility index (Phi) is 4.54. The highest BCUT2D eigenvalue weighted by Gasteiger charge is 2.20. The third-order valence-corrected chi connectivity index (χ3v) is 3.01. The smallest absolute Gasteiger partial charge is 0.274 e. The predicted molar refractivity (Wildman–Crippen MR) is 68.8 cm³/mol. The molecule has 1 unspecified atom stereocenters. The molecule has 0 aliphatic carbocycles. The molecule has 0 saturated heterocycles. The Morgan fingerprint density at radius 3 is 2.53 bits per heavy atom. The maximum absolute atomic E-state index is 12.0. The van der Waals surface area contributed by atoms with Gasteiger partial charge in [-0.05, 0) is 18.8 Å². The largest absolute Gasteiger partial charge is 0.395 e. The van der Waals surface area contributed by atoms with E-state index in [1.807, 2.05) is 6.92 Å². The molecule has 96 valence electrons. The summed E-state index contributed by atoms with van der Waals surface area (Å²) in [6.07, 6.45) is 1.64. The number of aryl methyl sites for hydroxylation is 1. The van der Waals surface area contributed by atoms with Gasteiger partial charge in [-0.25, -0.2) is 0 Å². The number of aromatic nitrogens is 2. The second kappa shape index (κ2) is 5.70. The minimum Gasteiger partial charge on any atom is -0.395 e. The standard InChI is InChI=1S/C12H22N4O/c1-5-8(7(3)4)14-12(17)11-10(13)9(6-2)15-16-11/h7-8H,5-6,13H2,1-4H3,(H,14,17)(H,15,16). The minimum absolute atomic E-state index is 0.156. The van der Waals surface area contributed by atoms with E-state index in [1.54, 1.807) is 0 Å². The Morgan fingerprint density at radius 2 is 2.12 bits per heavy atom. The summed E-state index contributed by atoms with van der Waals surface area (Å²) in [7, 11) is 0. The fourth-order valence-corrected chi connectivity index (χ4v) is 1.81. The normalized spacial score (nSPS) is 12.8. The Bertz CT molecular complexity index is 384. The van der Waals surface area contributed by atoms with E-state index in [9.17, 15) is 4.79 Å². The molecule has 17 heavy (non-hydrogen) atoms.